The third kappa shape index (κ3) is 1.25. The highest BCUT2D eigenvalue weighted by Gasteiger charge is 2.65. The van der Waals surface area contributed by atoms with E-state index in [9.17, 15) is 5.11 Å². The van der Waals surface area contributed by atoms with Gasteiger partial charge in [0.1, 0.15) is 0 Å². The van der Waals surface area contributed by atoms with E-state index < -0.39 is 0 Å². The Balaban J connectivity index is 1.65. The maximum absolute atomic E-state index is 10.1. The first kappa shape index (κ1) is 10.8. The van der Waals surface area contributed by atoms with Crippen molar-refractivity contribution in [3.63, 3.8) is 0 Å². The molecule has 1 N–H and O–H groups in total. The molecule has 0 heterocycles. The Morgan fingerprint density at radius 1 is 0.824 bits per heavy atom. The Labute approximate surface area is 105 Å². The van der Waals surface area contributed by atoms with E-state index in [1.165, 1.54) is 19.3 Å². The van der Waals surface area contributed by atoms with Gasteiger partial charge in [0.2, 0.25) is 0 Å². The lowest BCUT2D eigenvalue weighted by atomic mass is 9.61. The van der Waals surface area contributed by atoms with Crippen LogP contribution in [0, 0.1) is 46.8 Å². The lowest BCUT2D eigenvalue weighted by molar-refractivity contribution is -0.00406. The van der Waals surface area contributed by atoms with E-state index in [0.29, 0.717) is 11.3 Å². The first-order valence-electron chi connectivity index (χ1n) is 7.65. The van der Waals surface area contributed by atoms with E-state index in [4.69, 9.17) is 0 Å². The van der Waals surface area contributed by atoms with Gasteiger partial charge in [-0.1, -0.05) is 20.8 Å². The van der Waals surface area contributed by atoms with E-state index in [0.717, 1.165) is 41.9 Å². The summed E-state index contributed by atoms with van der Waals surface area (Å²) in [6.45, 7) is 7.32. The van der Waals surface area contributed by atoms with E-state index in [-0.39, 0.29) is 6.10 Å². The molecule has 0 amide bonds. The zero-order valence-electron chi connectivity index (χ0n) is 11.4. The zero-order chi connectivity index (χ0) is 11.9. The van der Waals surface area contributed by atoms with Crippen molar-refractivity contribution in [3.05, 3.63) is 0 Å². The van der Waals surface area contributed by atoms with Crippen LogP contribution in [0.15, 0.2) is 0 Å². The van der Waals surface area contributed by atoms with Crippen LogP contribution in [0.3, 0.4) is 0 Å². The van der Waals surface area contributed by atoms with Crippen LogP contribution in [0.5, 0.6) is 0 Å². The summed E-state index contributed by atoms with van der Waals surface area (Å²) >= 11 is 0. The standard InChI is InChI=1S/C16H26O/c1-16(2,3)12-6-8-4-10(12)14-9-5-11(15(8)14)13(17)7-9/h8-15,17H,4-7H2,1-3H3/t8?,9-,10?,11?,12?,13?,14?,15?/m0/s1. The van der Waals surface area contributed by atoms with Crippen molar-refractivity contribution in [3.8, 4) is 0 Å². The number of aliphatic hydroxyl groups is 1. The molecule has 4 bridgehead atoms. The highest BCUT2D eigenvalue weighted by atomic mass is 16.3. The van der Waals surface area contributed by atoms with Crippen molar-refractivity contribution < 1.29 is 5.11 Å². The van der Waals surface area contributed by atoms with Gasteiger partial charge in [0.25, 0.3) is 0 Å². The summed E-state index contributed by atoms with van der Waals surface area (Å²) in [7, 11) is 0. The Bertz CT molecular complexity index is 342. The number of hydrogen-bond donors (Lipinski definition) is 1. The summed E-state index contributed by atoms with van der Waals surface area (Å²) in [5.41, 5.74) is 0.505. The first-order chi connectivity index (χ1) is 7.97. The Morgan fingerprint density at radius 2 is 1.41 bits per heavy atom. The third-order valence-electron chi connectivity index (χ3n) is 6.90. The molecule has 17 heavy (non-hydrogen) atoms. The van der Waals surface area contributed by atoms with Crippen LogP contribution in [0.2, 0.25) is 0 Å². The quantitative estimate of drug-likeness (QED) is 0.637. The fraction of sp³-hybridized carbons (Fsp3) is 1.00. The molecule has 4 fully saturated rings. The average molecular weight is 234 g/mol. The molecule has 1 heteroatoms. The summed E-state index contributed by atoms with van der Waals surface area (Å²) in [5.74, 6) is 6.46. The predicted octanol–water partition coefficient (Wildman–Crippen LogP) is 3.32. The molecule has 0 saturated heterocycles. The molecule has 0 aromatic carbocycles. The molecule has 0 spiro atoms. The van der Waals surface area contributed by atoms with Gasteiger partial charge in [0.15, 0.2) is 0 Å². The van der Waals surface area contributed by atoms with Crippen molar-refractivity contribution in [2.24, 2.45) is 46.8 Å². The summed E-state index contributed by atoms with van der Waals surface area (Å²) in [5, 5.41) is 10.1. The molecule has 8 atom stereocenters. The smallest absolute Gasteiger partial charge is 0.0574 e. The van der Waals surface area contributed by atoms with Gasteiger partial charge in [-0.3, -0.25) is 0 Å². The summed E-state index contributed by atoms with van der Waals surface area (Å²) in [6, 6.07) is 0. The van der Waals surface area contributed by atoms with Gasteiger partial charge in [0, 0.05) is 0 Å². The second-order valence-corrected chi connectivity index (χ2v) is 8.49. The van der Waals surface area contributed by atoms with Crippen LogP contribution in [0.4, 0.5) is 0 Å². The van der Waals surface area contributed by atoms with Gasteiger partial charge in [-0.15, -0.1) is 0 Å². The Kier molecular flexibility index (Phi) is 1.98. The minimum Gasteiger partial charge on any atom is -0.393 e. The van der Waals surface area contributed by atoms with Crippen LogP contribution < -0.4 is 0 Å². The number of fused-ring (bicyclic) bond motifs is 9. The van der Waals surface area contributed by atoms with Crippen LogP contribution in [0.25, 0.3) is 0 Å². The fourth-order valence-electron chi connectivity index (χ4n) is 6.56. The molecule has 7 unspecified atom stereocenters. The molecule has 0 aliphatic heterocycles. The highest BCUT2D eigenvalue weighted by molar-refractivity contribution is 5.14. The Morgan fingerprint density at radius 3 is 2.12 bits per heavy atom. The topological polar surface area (TPSA) is 20.2 Å². The maximum atomic E-state index is 10.1. The van der Waals surface area contributed by atoms with E-state index in [2.05, 4.69) is 20.8 Å². The van der Waals surface area contributed by atoms with Crippen molar-refractivity contribution >= 4 is 0 Å². The summed E-state index contributed by atoms with van der Waals surface area (Å²) < 4.78 is 0. The number of hydrogen-bond acceptors (Lipinski definition) is 1. The molecule has 4 rings (SSSR count). The monoisotopic (exact) mass is 234 g/mol. The van der Waals surface area contributed by atoms with Crippen LogP contribution in [-0.2, 0) is 0 Å². The molecule has 4 aliphatic rings. The summed E-state index contributed by atoms with van der Waals surface area (Å²) in [6.07, 6.45) is 5.52. The van der Waals surface area contributed by atoms with E-state index in [1.54, 1.807) is 0 Å². The molecular weight excluding hydrogens is 208 g/mol. The molecule has 0 radical (unpaired) electrons. The van der Waals surface area contributed by atoms with Crippen LogP contribution >= 0.6 is 0 Å². The minimum atomic E-state index is 0.0636. The molecule has 4 saturated carbocycles. The van der Waals surface area contributed by atoms with Crippen LogP contribution in [-0.4, -0.2) is 11.2 Å². The second kappa shape index (κ2) is 3.10. The van der Waals surface area contributed by atoms with Gasteiger partial charge in [-0.2, -0.15) is 0 Å². The molecule has 4 aliphatic carbocycles. The maximum Gasteiger partial charge on any atom is 0.0574 e. The largest absolute Gasteiger partial charge is 0.393 e. The van der Waals surface area contributed by atoms with Gasteiger partial charge < -0.3 is 5.11 Å². The predicted molar refractivity (Wildman–Crippen MR) is 68.4 cm³/mol. The SMILES string of the molecule is CC(C)(C)C1CC2CC1C1C2C2C[C@H]1CC2O. The van der Waals surface area contributed by atoms with Crippen molar-refractivity contribution in [1.82, 2.24) is 0 Å². The minimum absolute atomic E-state index is 0.0636. The van der Waals surface area contributed by atoms with Gasteiger partial charge >= 0.3 is 0 Å². The zero-order valence-corrected chi connectivity index (χ0v) is 11.4. The molecular formula is C16H26O. The van der Waals surface area contributed by atoms with Gasteiger partial charge in [-0.25, -0.2) is 0 Å². The van der Waals surface area contributed by atoms with Crippen molar-refractivity contribution in [2.75, 3.05) is 0 Å². The third-order valence-corrected chi connectivity index (χ3v) is 6.90. The molecule has 0 aromatic rings. The van der Waals surface area contributed by atoms with Crippen molar-refractivity contribution in [1.29, 1.82) is 0 Å². The van der Waals surface area contributed by atoms with Crippen molar-refractivity contribution in [2.45, 2.75) is 52.6 Å². The normalized spacial score (nSPS) is 60.0. The average Bonchev–Trinajstić information content (AvgIpc) is 2.89. The molecule has 1 nitrogen and oxygen atoms in total. The lowest BCUT2D eigenvalue weighted by Crippen LogP contribution is -2.40. The highest BCUT2D eigenvalue weighted by Crippen LogP contribution is 2.70. The van der Waals surface area contributed by atoms with Gasteiger partial charge in [-0.05, 0) is 72.5 Å². The van der Waals surface area contributed by atoms with Crippen LogP contribution in [0.1, 0.15) is 46.5 Å². The first-order valence-corrected chi connectivity index (χ1v) is 7.65. The molecule has 96 valence electrons. The number of aliphatic hydroxyl groups excluding tert-OH is 1. The molecule has 0 aromatic heterocycles. The second-order valence-electron chi connectivity index (χ2n) is 8.49. The lowest BCUT2D eigenvalue weighted by Gasteiger charge is -2.44. The number of rotatable bonds is 0. The van der Waals surface area contributed by atoms with Gasteiger partial charge in [0.05, 0.1) is 6.10 Å². The van der Waals surface area contributed by atoms with E-state index >= 15 is 0 Å². The van der Waals surface area contributed by atoms with E-state index in [1.807, 2.05) is 0 Å². The Hall–Kier alpha value is -0.0400. The summed E-state index contributed by atoms with van der Waals surface area (Å²) in [4.78, 5) is 0. The fourth-order valence-corrected chi connectivity index (χ4v) is 6.56.